The van der Waals surface area contributed by atoms with Crippen molar-refractivity contribution in [1.82, 2.24) is 0 Å². The van der Waals surface area contributed by atoms with E-state index in [0.717, 1.165) is 5.69 Å². The fraction of sp³-hybridized carbons (Fsp3) is 0.429. The summed E-state index contributed by atoms with van der Waals surface area (Å²) in [6.45, 7) is 2.67. The van der Waals surface area contributed by atoms with Crippen LogP contribution in [0.4, 0.5) is 5.69 Å². The zero-order valence-electron chi connectivity index (χ0n) is 10.6. The first-order chi connectivity index (χ1) is 9.02. The van der Waals surface area contributed by atoms with Crippen molar-refractivity contribution < 1.29 is 9.90 Å². The number of halogens is 1. The molecular weight excluding hydrogens is 264 g/mol. The molecule has 2 atom stereocenters. The van der Waals surface area contributed by atoms with Gasteiger partial charge in [0.05, 0.1) is 28.3 Å². The molecule has 0 aromatic heterocycles. The van der Waals surface area contributed by atoms with Gasteiger partial charge in [0.1, 0.15) is 0 Å². The lowest BCUT2D eigenvalue weighted by atomic mass is 9.91. The first-order valence-corrected chi connectivity index (χ1v) is 6.60. The molecule has 1 fully saturated rings. The van der Waals surface area contributed by atoms with E-state index in [-0.39, 0.29) is 12.0 Å². The molecule has 0 amide bonds. The van der Waals surface area contributed by atoms with E-state index in [9.17, 15) is 4.79 Å². The summed E-state index contributed by atoms with van der Waals surface area (Å²) in [5, 5.41) is 18.4. The first-order valence-electron chi connectivity index (χ1n) is 6.22. The lowest BCUT2D eigenvalue weighted by Gasteiger charge is -2.38. The summed E-state index contributed by atoms with van der Waals surface area (Å²) in [5.41, 5.74) is 1.40. The molecule has 0 radical (unpaired) electrons. The smallest absolute Gasteiger partial charge is 0.306 e. The second-order valence-electron chi connectivity index (χ2n) is 4.88. The molecule has 0 aliphatic carbocycles. The maximum Gasteiger partial charge on any atom is 0.306 e. The van der Waals surface area contributed by atoms with Crippen molar-refractivity contribution in [2.24, 2.45) is 5.92 Å². The number of nitrogens with zero attached hydrogens (tertiary/aromatic N) is 2. The molecule has 0 spiro atoms. The van der Waals surface area contributed by atoms with Crippen LogP contribution in [0, 0.1) is 17.2 Å². The first kappa shape index (κ1) is 13.7. The predicted octanol–water partition coefficient (Wildman–Crippen LogP) is 2.90. The Morgan fingerprint density at radius 2 is 2.32 bits per heavy atom. The molecule has 0 bridgehead atoms. The average Bonchev–Trinajstić information content (AvgIpc) is 2.39. The van der Waals surface area contributed by atoms with Gasteiger partial charge in [0.2, 0.25) is 0 Å². The van der Waals surface area contributed by atoms with E-state index < -0.39 is 5.97 Å². The highest BCUT2D eigenvalue weighted by Crippen LogP contribution is 2.33. The molecule has 1 aliphatic rings. The number of anilines is 1. The minimum atomic E-state index is -0.725. The zero-order chi connectivity index (χ0) is 14.0. The van der Waals surface area contributed by atoms with Gasteiger partial charge in [-0.1, -0.05) is 11.6 Å². The molecule has 1 aromatic rings. The predicted molar refractivity (Wildman–Crippen MR) is 73.3 cm³/mol. The summed E-state index contributed by atoms with van der Waals surface area (Å²) in [6, 6.07) is 7.39. The summed E-state index contributed by atoms with van der Waals surface area (Å²) >= 11 is 6.20. The molecule has 1 N–H and O–H groups in total. The Labute approximate surface area is 117 Å². The number of carboxylic acid groups (broad SMARTS) is 1. The molecule has 100 valence electrons. The average molecular weight is 279 g/mol. The number of benzene rings is 1. The van der Waals surface area contributed by atoms with Crippen LogP contribution in [0.2, 0.25) is 5.02 Å². The number of piperidine rings is 1. The Morgan fingerprint density at radius 3 is 2.84 bits per heavy atom. The molecule has 1 aromatic carbocycles. The topological polar surface area (TPSA) is 64.3 Å². The van der Waals surface area contributed by atoms with Crippen molar-refractivity contribution in [2.75, 3.05) is 11.4 Å². The SMILES string of the molecule is CC1CC(C(=O)O)CCN1c1ccc(C#N)cc1Cl. The molecule has 0 saturated carbocycles. The van der Waals surface area contributed by atoms with Gasteiger partial charge in [-0.15, -0.1) is 0 Å². The van der Waals surface area contributed by atoms with Crippen molar-refractivity contribution >= 4 is 23.3 Å². The molecule has 1 saturated heterocycles. The van der Waals surface area contributed by atoms with E-state index in [1.807, 2.05) is 13.0 Å². The van der Waals surface area contributed by atoms with Crippen LogP contribution in [-0.4, -0.2) is 23.7 Å². The zero-order valence-corrected chi connectivity index (χ0v) is 11.4. The van der Waals surface area contributed by atoms with Crippen molar-refractivity contribution in [3.63, 3.8) is 0 Å². The maximum atomic E-state index is 11.0. The summed E-state index contributed by atoms with van der Waals surface area (Å²) < 4.78 is 0. The Hall–Kier alpha value is -1.73. The van der Waals surface area contributed by atoms with Crippen LogP contribution in [0.15, 0.2) is 18.2 Å². The molecule has 5 heteroatoms. The highest BCUT2D eigenvalue weighted by molar-refractivity contribution is 6.33. The Balaban J connectivity index is 2.20. The van der Waals surface area contributed by atoms with E-state index >= 15 is 0 Å². The van der Waals surface area contributed by atoms with Gasteiger partial charge in [0.25, 0.3) is 0 Å². The van der Waals surface area contributed by atoms with Crippen molar-refractivity contribution in [3.05, 3.63) is 28.8 Å². The van der Waals surface area contributed by atoms with Crippen molar-refractivity contribution in [2.45, 2.75) is 25.8 Å². The lowest BCUT2D eigenvalue weighted by molar-refractivity contribution is -0.142. The van der Waals surface area contributed by atoms with E-state index in [1.165, 1.54) is 0 Å². The number of hydrogen-bond donors (Lipinski definition) is 1. The lowest BCUT2D eigenvalue weighted by Crippen LogP contribution is -2.42. The van der Waals surface area contributed by atoms with Gasteiger partial charge < -0.3 is 10.0 Å². The molecule has 2 unspecified atom stereocenters. The fourth-order valence-electron chi connectivity index (χ4n) is 2.56. The van der Waals surface area contributed by atoms with Gasteiger partial charge in [-0.05, 0) is 38.0 Å². The van der Waals surface area contributed by atoms with Crippen molar-refractivity contribution in [3.8, 4) is 6.07 Å². The van der Waals surface area contributed by atoms with Crippen molar-refractivity contribution in [1.29, 1.82) is 5.26 Å². The minimum absolute atomic E-state index is 0.125. The van der Waals surface area contributed by atoms with Gasteiger partial charge in [0.15, 0.2) is 0 Å². The second-order valence-corrected chi connectivity index (χ2v) is 5.29. The van der Waals surface area contributed by atoms with Crippen LogP contribution >= 0.6 is 11.6 Å². The largest absolute Gasteiger partial charge is 0.481 e. The quantitative estimate of drug-likeness (QED) is 0.903. The van der Waals surface area contributed by atoms with E-state index in [2.05, 4.69) is 11.0 Å². The van der Waals surface area contributed by atoms with Crippen LogP contribution in [0.1, 0.15) is 25.3 Å². The van der Waals surface area contributed by atoms with Gasteiger partial charge in [-0.2, -0.15) is 5.26 Å². The van der Waals surface area contributed by atoms with Crippen LogP contribution in [0.5, 0.6) is 0 Å². The standard InChI is InChI=1S/C14H15ClN2O2/c1-9-6-11(14(18)19)4-5-17(9)13-3-2-10(8-16)7-12(13)15/h2-3,7,9,11H,4-6H2,1H3,(H,18,19). The summed E-state index contributed by atoms with van der Waals surface area (Å²) in [5.74, 6) is -0.999. The monoisotopic (exact) mass is 278 g/mol. The molecule has 1 aliphatic heterocycles. The number of nitriles is 1. The summed E-state index contributed by atoms with van der Waals surface area (Å²) in [4.78, 5) is 13.1. The Kier molecular flexibility index (Phi) is 3.96. The van der Waals surface area contributed by atoms with Gasteiger partial charge in [-0.3, -0.25) is 4.79 Å². The number of hydrogen-bond acceptors (Lipinski definition) is 3. The van der Waals surface area contributed by atoms with Crippen LogP contribution in [0.3, 0.4) is 0 Å². The summed E-state index contributed by atoms with van der Waals surface area (Å²) in [6.07, 6.45) is 1.24. The Bertz CT molecular complexity index is 539. The minimum Gasteiger partial charge on any atom is -0.481 e. The van der Waals surface area contributed by atoms with Crippen LogP contribution in [0.25, 0.3) is 0 Å². The molecular formula is C14H15ClN2O2. The number of carboxylic acids is 1. The third-order valence-electron chi connectivity index (χ3n) is 3.61. The fourth-order valence-corrected chi connectivity index (χ4v) is 2.85. The van der Waals surface area contributed by atoms with E-state index in [0.29, 0.717) is 30.0 Å². The van der Waals surface area contributed by atoms with Crippen LogP contribution in [-0.2, 0) is 4.79 Å². The third-order valence-corrected chi connectivity index (χ3v) is 3.91. The molecule has 4 nitrogen and oxygen atoms in total. The molecule has 2 rings (SSSR count). The van der Waals surface area contributed by atoms with Gasteiger partial charge in [-0.25, -0.2) is 0 Å². The highest BCUT2D eigenvalue weighted by atomic mass is 35.5. The van der Waals surface area contributed by atoms with Crippen LogP contribution < -0.4 is 4.90 Å². The number of carbonyl (C=O) groups is 1. The van der Waals surface area contributed by atoms with E-state index in [1.54, 1.807) is 12.1 Å². The van der Waals surface area contributed by atoms with E-state index in [4.69, 9.17) is 22.0 Å². The third kappa shape index (κ3) is 2.82. The normalized spacial score (nSPS) is 22.9. The summed E-state index contributed by atoms with van der Waals surface area (Å²) in [7, 11) is 0. The molecule has 19 heavy (non-hydrogen) atoms. The van der Waals surface area contributed by atoms with Gasteiger partial charge in [0, 0.05) is 12.6 Å². The molecule has 1 heterocycles. The number of rotatable bonds is 2. The highest BCUT2D eigenvalue weighted by Gasteiger charge is 2.30. The van der Waals surface area contributed by atoms with Gasteiger partial charge >= 0.3 is 5.97 Å². The maximum absolute atomic E-state index is 11.0. The Morgan fingerprint density at radius 1 is 1.58 bits per heavy atom. The second kappa shape index (κ2) is 5.50. The number of aliphatic carboxylic acids is 1.